The van der Waals surface area contributed by atoms with Crippen LogP contribution in [0.2, 0.25) is 0 Å². The summed E-state index contributed by atoms with van der Waals surface area (Å²) in [5, 5.41) is 0.802. The zero-order valence-electron chi connectivity index (χ0n) is 14.3. The second kappa shape index (κ2) is 6.63. The molecule has 1 unspecified atom stereocenters. The van der Waals surface area contributed by atoms with Crippen molar-refractivity contribution in [2.45, 2.75) is 26.0 Å². The minimum absolute atomic E-state index is 0.0749. The first-order valence-electron chi connectivity index (χ1n) is 8.52. The topological polar surface area (TPSA) is 72.6 Å². The Labute approximate surface area is 150 Å². The highest BCUT2D eigenvalue weighted by Crippen LogP contribution is 2.22. The zero-order chi connectivity index (χ0) is 18.1. The molecule has 0 saturated carbocycles. The molecule has 0 bridgehead atoms. The molecule has 1 aromatic carbocycles. The van der Waals surface area contributed by atoms with Crippen molar-refractivity contribution in [1.82, 2.24) is 9.88 Å². The SMILES string of the molecule is CC(Oc1ccc2ccc(=O)oc2c1)C(=O)N1CCc2ncccc2C1. The van der Waals surface area contributed by atoms with Crippen molar-refractivity contribution in [3.8, 4) is 5.75 Å². The Bertz CT molecular complexity index is 1030. The summed E-state index contributed by atoms with van der Waals surface area (Å²) in [4.78, 5) is 30.2. The predicted octanol–water partition coefficient (Wildman–Crippen LogP) is 2.54. The highest BCUT2D eigenvalue weighted by molar-refractivity contribution is 5.82. The van der Waals surface area contributed by atoms with E-state index < -0.39 is 11.7 Å². The summed E-state index contributed by atoms with van der Waals surface area (Å²) in [5.41, 5.74) is 2.15. The largest absolute Gasteiger partial charge is 0.481 e. The number of carbonyl (C=O) groups excluding carboxylic acids is 1. The van der Waals surface area contributed by atoms with Crippen molar-refractivity contribution in [3.63, 3.8) is 0 Å². The average Bonchev–Trinajstić information content (AvgIpc) is 2.66. The molecule has 0 saturated heterocycles. The number of aromatic nitrogens is 1. The average molecular weight is 350 g/mol. The Hall–Kier alpha value is -3.15. The number of amides is 1. The van der Waals surface area contributed by atoms with Crippen LogP contribution in [0.1, 0.15) is 18.2 Å². The van der Waals surface area contributed by atoms with Gasteiger partial charge in [0.1, 0.15) is 11.3 Å². The number of carbonyl (C=O) groups is 1. The molecule has 3 heterocycles. The summed E-state index contributed by atoms with van der Waals surface area (Å²) in [6.07, 6.45) is 1.89. The predicted molar refractivity (Wildman–Crippen MR) is 95.9 cm³/mol. The van der Waals surface area contributed by atoms with Gasteiger partial charge in [-0.3, -0.25) is 9.78 Å². The molecule has 3 aromatic rings. The lowest BCUT2D eigenvalue weighted by atomic mass is 10.1. The molecule has 4 rings (SSSR count). The number of nitrogens with zero attached hydrogens (tertiary/aromatic N) is 2. The molecule has 0 fully saturated rings. The first kappa shape index (κ1) is 16.3. The number of benzene rings is 1. The van der Waals surface area contributed by atoms with Crippen LogP contribution in [-0.4, -0.2) is 28.4 Å². The Morgan fingerprint density at radius 1 is 1.27 bits per heavy atom. The second-order valence-electron chi connectivity index (χ2n) is 6.33. The Morgan fingerprint density at radius 3 is 3.00 bits per heavy atom. The molecule has 132 valence electrons. The Morgan fingerprint density at radius 2 is 2.12 bits per heavy atom. The smallest absolute Gasteiger partial charge is 0.336 e. The van der Waals surface area contributed by atoms with Crippen molar-refractivity contribution in [1.29, 1.82) is 0 Å². The minimum atomic E-state index is -0.638. The van der Waals surface area contributed by atoms with Gasteiger partial charge in [0.05, 0.1) is 0 Å². The van der Waals surface area contributed by atoms with E-state index in [0.717, 1.165) is 23.1 Å². The quantitative estimate of drug-likeness (QED) is 0.679. The van der Waals surface area contributed by atoms with Gasteiger partial charge in [0.2, 0.25) is 0 Å². The number of fused-ring (bicyclic) bond motifs is 2. The van der Waals surface area contributed by atoms with E-state index in [-0.39, 0.29) is 5.91 Å². The van der Waals surface area contributed by atoms with Gasteiger partial charge in [-0.15, -0.1) is 0 Å². The van der Waals surface area contributed by atoms with Crippen molar-refractivity contribution in [3.05, 3.63) is 70.3 Å². The van der Waals surface area contributed by atoms with Gasteiger partial charge in [0.15, 0.2) is 6.10 Å². The van der Waals surface area contributed by atoms with Crippen LogP contribution in [0.25, 0.3) is 11.0 Å². The van der Waals surface area contributed by atoms with Crippen LogP contribution in [0.5, 0.6) is 5.75 Å². The molecule has 6 nitrogen and oxygen atoms in total. The lowest BCUT2D eigenvalue weighted by Gasteiger charge is -2.30. The first-order chi connectivity index (χ1) is 12.6. The lowest BCUT2D eigenvalue weighted by Crippen LogP contribution is -2.43. The summed E-state index contributed by atoms with van der Waals surface area (Å²) in [7, 11) is 0. The standard InChI is InChI=1S/C20H18N2O4/c1-13(20(24)22-10-8-17-15(12-22)3-2-9-21-17)25-16-6-4-14-5-7-19(23)26-18(14)11-16/h2-7,9,11,13H,8,10,12H2,1H3. The molecule has 2 aromatic heterocycles. The van der Waals surface area contributed by atoms with Gasteiger partial charge in [-0.25, -0.2) is 4.79 Å². The lowest BCUT2D eigenvalue weighted by molar-refractivity contribution is -0.138. The van der Waals surface area contributed by atoms with Crippen LogP contribution in [0.3, 0.4) is 0 Å². The fourth-order valence-electron chi connectivity index (χ4n) is 3.18. The van der Waals surface area contributed by atoms with Crippen molar-refractivity contribution >= 4 is 16.9 Å². The Balaban J connectivity index is 1.48. The third kappa shape index (κ3) is 3.18. The van der Waals surface area contributed by atoms with Gasteiger partial charge in [0, 0.05) is 48.9 Å². The Kier molecular flexibility index (Phi) is 4.16. The molecule has 0 N–H and O–H groups in total. The van der Waals surface area contributed by atoms with E-state index in [1.54, 1.807) is 42.3 Å². The molecule has 1 atom stereocenters. The number of hydrogen-bond acceptors (Lipinski definition) is 5. The molecule has 0 radical (unpaired) electrons. The minimum Gasteiger partial charge on any atom is -0.481 e. The van der Waals surface area contributed by atoms with E-state index in [4.69, 9.17) is 9.15 Å². The van der Waals surface area contributed by atoms with Gasteiger partial charge in [0.25, 0.3) is 5.91 Å². The maximum absolute atomic E-state index is 12.7. The maximum atomic E-state index is 12.7. The molecule has 0 aliphatic carbocycles. The van der Waals surface area contributed by atoms with E-state index in [2.05, 4.69) is 4.98 Å². The molecule has 0 spiro atoms. The van der Waals surface area contributed by atoms with E-state index in [1.165, 1.54) is 6.07 Å². The van der Waals surface area contributed by atoms with Crippen molar-refractivity contribution < 1.29 is 13.9 Å². The summed E-state index contributed by atoms with van der Waals surface area (Å²) >= 11 is 0. The first-order valence-corrected chi connectivity index (χ1v) is 8.52. The van der Waals surface area contributed by atoms with E-state index in [0.29, 0.717) is 24.4 Å². The summed E-state index contributed by atoms with van der Waals surface area (Å²) in [5.74, 6) is 0.417. The van der Waals surface area contributed by atoms with Gasteiger partial charge in [-0.1, -0.05) is 6.07 Å². The highest BCUT2D eigenvalue weighted by Gasteiger charge is 2.26. The van der Waals surface area contributed by atoms with E-state index in [9.17, 15) is 9.59 Å². The van der Waals surface area contributed by atoms with Crippen LogP contribution < -0.4 is 10.4 Å². The van der Waals surface area contributed by atoms with Gasteiger partial charge >= 0.3 is 5.63 Å². The number of hydrogen-bond donors (Lipinski definition) is 0. The zero-order valence-corrected chi connectivity index (χ0v) is 14.3. The third-order valence-corrected chi connectivity index (χ3v) is 4.53. The van der Waals surface area contributed by atoms with Crippen LogP contribution >= 0.6 is 0 Å². The summed E-state index contributed by atoms with van der Waals surface area (Å²) in [6.45, 7) is 2.90. The molecule has 1 aliphatic heterocycles. The van der Waals surface area contributed by atoms with E-state index in [1.807, 2.05) is 12.1 Å². The fourth-order valence-corrected chi connectivity index (χ4v) is 3.18. The molecule has 6 heteroatoms. The molecule has 26 heavy (non-hydrogen) atoms. The highest BCUT2D eigenvalue weighted by atomic mass is 16.5. The number of ether oxygens (including phenoxy) is 1. The summed E-state index contributed by atoms with van der Waals surface area (Å²) < 4.78 is 11.0. The molecular formula is C20H18N2O4. The monoisotopic (exact) mass is 350 g/mol. The molecular weight excluding hydrogens is 332 g/mol. The maximum Gasteiger partial charge on any atom is 0.336 e. The second-order valence-corrected chi connectivity index (χ2v) is 6.33. The van der Waals surface area contributed by atoms with Crippen molar-refractivity contribution in [2.24, 2.45) is 0 Å². The van der Waals surface area contributed by atoms with Crippen LogP contribution in [0.15, 0.2) is 57.9 Å². The molecule has 1 amide bonds. The fraction of sp³-hybridized carbons (Fsp3) is 0.250. The van der Waals surface area contributed by atoms with Crippen molar-refractivity contribution in [2.75, 3.05) is 6.54 Å². The normalized spacial score (nSPS) is 14.7. The van der Waals surface area contributed by atoms with Gasteiger partial charge in [-0.2, -0.15) is 0 Å². The van der Waals surface area contributed by atoms with E-state index >= 15 is 0 Å². The summed E-state index contributed by atoms with van der Waals surface area (Å²) in [6, 6.07) is 12.1. The van der Waals surface area contributed by atoms with Gasteiger partial charge in [-0.05, 0) is 36.8 Å². The third-order valence-electron chi connectivity index (χ3n) is 4.53. The number of pyridine rings is 1. The molecule has 1 aliphatic rings. The number of rotatable bonds is 3. The van der Waals surface area contributed by atoms with Crippen LogP contribution in [0.4, 0.5) is 0 Å². The van der Waals surface area contributed by atoms with Gasteiger partial charge < -0.3 is 14.1 Å². The van der Waals surface area contributed by atoms with Crippen LogP contribution in [-0.2, 0) is 17.8 Å². The van der Waals surface area contributed by atoms with Crippen LogP contribution in [0, 0.1) is 0 Å².